The minimum absolute atomic E-state index is 0.515. The summed E-state index contributed by atoms with van der Waals surface area (Å²) in [7, 11) is 1.90. The molecule has 1 saturated carbocycles. The molecule has 122 valence electrons. The van der Waals surface area contributed by atoms with Crippen molar-refractivity contribution in [2.45, 2.75) is 82.4 Å². The van der Waals surface area contributed by atoms with Gasteiger partial charge < -0.3 is 10.1 Å². The lowest BCUT2D eigenvalue weighted by Gasteiger charge is -2.44. The van der Waals surface area contributed by atoms with E-state index in [1.165, 1.54) is 83.8 Å². The highest BCUT2D eigenvalue weighted by atomic mass is 16.5. The van der Waals surface area contributed by atoms with Gasteiger partial charge in [-0.25, -0.2) is 0 Å². The number of likely N-dealkylation sites (tertiary alicyclic amines) is 1. The second-order valence-corrected chi connectivity index (χ2v) is 7.42. The summed E-state index contributed by atoms with van der Waals surface area (Å²) in [5.74, 6) is 0.937. The van der Waals surface area contributed by atoms with Gasteiger partial charge >= 0.3 is 0 Å². The van der Waals surface area contributed by atoms with E-state index in [1.807, 2.05) is 7.11 Å². The van der Waals surface area contributed by atoms with Gasteiger partial charge in [-0.15, -0.1) is 0 Å². The minimum atomic E-state index is 0.515. The first-order valence-electron chi connectivity index (χ1n) is 9.37. The Kier molecular flexibility index (Phi) is 5.96. The molecule has 0 aromatic rings. The lowest BCUT2D eigenvalue weighted by molar-refractivity contribution is 0.000840. The van der Waals surface area contributed by atoms with Crippen molar-refractivity contribution in [1.82, 2.24) is 10.2 Å². The summed E-state index contributed by atoms with van der Waals surface area (Å²) in [6.07, 6.45) is 14.4. The van der Waals surface area contributed by atoms with Gasteiger partial charge in [-0.05, 0) is 76.9 Å². The van der Waals surface area contributed by atoms with Crippen molar-refractivity contribution in [3.05, 3.63) is 0 Å². The summed E-state index contributed by atoms with van der Waals surface area (Å²) in [6.45, 7) is 3.82. The maximum Gasteiger partial charge on any atom is 0.0586 e. The summed E-state index contributed by atoms with van der Waals surface area (Å²) in [5.41, 5.74) is 0. The third kappa shape index (κ3) is 4.00. The molecule has 1 aliphatic carbocycles. The van der Waals surface area contributed by atoms with Crippen LogP contribution in [0.15, 0.2) is 0 Å². The Morgan fingerprint density at radius 1 is 0.905 bits per heavy atom. The highest BCUT2D eigenvalue weighted by Crippen LogP contribution is 2.34. The van der Waals surface area contributed by atoms with Gasteiger partial charge in [0.05, 0.1) is 6.10 Å². The molecule has 0 aromatic heterocycles. The zero-order chi connectivity index (χ0) is 14.5. The molecule has 3 aliphatic rings. The van der Waals surface area contributed by atoms with Gasteiger partial charge in [0.2, 0.25) is 0 Å². The Hall–Kier alpha value is -0.120. The van der Waals surface area contributed by atoms with Gasteiger partial charge in [0, 0.05) is 19.2 Å². The summed E-state index contributed by atoms with van der Waals surface area (Å²) in [5, 5.41) is 3.54. The predicted molar refractivity (Wildman–Crippen MR) is 87.6 cm³/mol. The van der Waals surface area contributed by atoms with Crippen molar-refractivity contribution < 1.29 is 4.74 Å². The van der Waals surface area contributed by atoms with Crippen molar-refractivity contribution in [2.24, 2.45) is 5.92 Å². The first-order valence-corrected chi connectivity index (χ1v) is 9.37. The van der Waals surface area contributed by atoms with Crippen molar-refractivity contribution in [3.8, 4) is 0 Å². The maximum atomic E-state index is 5.69. The summed E-state index contributed by atoms with van der Waals surface area (Å²) in [4.78, 5) is 2.94. The average Bonchev–Trinajstić information content (AvgIpc) is 2.81. The fourth-order valence-corrected chi connectivity index (χ4v) is 4.98. The minimum Gasteiger partial charge on any atom is -0.381 e. The molecular formula is C18H34N2O. The van der Waals surface area contributed by atoms with E-state index in [4.69, 9.17) is 4.74 Å². The van der Waals surface area contributed by atoms with Crippen LogP contribution >= 0.6 is 0 Å². The van der Waals surface area contributed by atoms with Crippen molar-refractivity contribution in [2.75, 3.05) is 26.7 Å². The van der Waals surface area contributed by atoms with Crippen LogP contribution in [0.4, 0.5) is 0 Å². The maximum absolute atomic E-state index is 5.69. The largest absolute Gasteiger partial charge is 0.381 e. The summed E-state index contributed by atoms with van der Waals surface area (Å²) in [6, 6.07) is 1.65. The van der Waals surface area contributed by atoms with Crippen molar-refractivity contribution in [3.63, 3.8) is 0 Å². The number of hydrogen-bond donors (Lipinski definition) is 1. The molecule has 0 amide bonds. The SMILES string of the molecule is COC1CCCC(N2CCCCCC2C2CCNCC2)C1. The molecule has 0 aromatic carbocycles. The Balaban J connectivity index is 1.68. The number of nitrogens with one attached hydrogen (secondary N) is 1. The first-order chi connectivity index (χ1) is 10.4. The van der Waals surface area contributed by atoms with E-state index < -0.39 is 0 Å². The molecule has 3 atom stereocenters. The molecule has 3 rings (SSSR count). The van der Waals surface area contributed by atoms with Crippen LogP contribution in [0.2, 0.25) is 0 Å². The van der Waals surface area contributed by atoms with Gasteiger partial charge in [0.1, 0.15) is 0 Å². The topological polar surface area (TPSA) is 24.5 Å². The number of piperidine rings is 1. The van der Waals surface area contributed by atoms with Crippen LogP contribution in [-0.4, -0.2) is 49.8 Å². The Morgan fingerprint density at radius 2 is 1.76 bits per heavy atom. The fourth-order valence-electron chi connectivity index (χ4n) is 4.98. The highest BCUT2D eigenvalue weighted by molar-refractivity contribution is 4.90. The molecule has 2 heterocycles. The third-order valence-electron chi connectivity index (χ3n) is 6.17. The Morgan fingerprint density at radius 3 is 2.57 bits per heavy atom. The van der Waals surface area contributed by atoms with Gasteiger partial charge in [-0.2, -0.15) is 0 Å². The number of rotatable bonds is 3. The van der Waals surface area contributed by atoms with E-state index in [0.29, 0.717) is 6.10 Å². The lowest BCUT2D eigenvalue weighted by Crippen LogP contribution is -2.50. The van der Waals surface area contributed by atoms with Crippen LogP contribution < -0.4 is 5.32 Å². The van der Waals surface area contributed by atoms with Crippen LogP contribution in [-0.2, 0) is 4.74 Å². The zero-order valence-corrected chi connectivity index (χ0v) is 13.9. The molecule has 3 unspecified atom stereocenters. The molecule has 2 aliphatic heterocycles. The standard InChI is InChI=1S/C18H34N2O/c1-21-17-7-5-6-16(14-17)20-13-4-2-3-8-18(20)15-9-11-19-12-10-15/h15-19H,2-14H2,1H3. The van der Waals surface area contributed by atoms with E-state index in [2.05, 4.69) is 10.2 Å². The fraction of sp³-hybridized carbons (Fsp3) is 1.00. The average molecular weight is 294 g/mol. The zero-order valence-electron chi connectivity index (χ0n) is 13.9. The van der Waals surface area contributed by atoms with Crippen molar-refractivity contribution >= 4 is 0 Å². The Bertz CT molecular complexity index is 304. The molecule has 2 saturated heterocycles. The van der Waals surface area contributed by atoms with Gasteiger partial charge in [-0.1, -0.05) is 12.8 Å². The Labute approximate surface area is 130 Å². The highest BCUT2D eigenvalue weighted by Gasteiger charge is 2.35. The summed E-state index contributed by atoms with van der Waals surface area (Å²) >= 11 is 0. The molecule has 3 fully saturated rings. The monoisotopic (exact) mass is 294 g/mol. The number of methoxy groups -OCH3 is 1. The third-order valence-corrected chi connectivity index (χ3v) is 6.17. The van der Waals surface area contributed by atoms with Crippen LogP contribution in [0.1, 0.15) is 64.2 Å². The number of hydrogen-bond acceptors (Lipinski definition) is 3. The molecule has 0 spiro atoms. The van der Waals surface area contributed by atoms with Crippen LogP contribution in [0.5, 0.6) is 0 Å². The van der Waals surface area contributed by atoms with E-state index >= 15 is 0 Å². The quantitative estimate of drug-likeness (QED) is 0.865. The second-order valence-electron chi connectivity index (χ2n) is 7.42. The van der Waals surface area contributed by atoms with E-state index in [1.54, 1.807) is 0 Å². The van der Waals surface area contributed by atoms with Crippen LogP contribution in [0.25, 0.3) is 0 Å². The molecule has 21 heavy (non-hydrogen) atoms. The van der Waals surface area contributed by atoms with E-state index in [0.717, 1.165) is 18.0 Å². The predicted octanol–water partition coefficient (Wildman–Crippen LogP) is 3.19. The van der Waals surface area contributed by atoms with Gasteiger partial charge in [0.25, 0.3) is 0 Å². The van der Waals surface area contributed by atoms with E-state index in [-0.39, 0.29) is 0 Å². The smallest absolute Gasteiger partial charge is 0.0586 e. The normalized spacial score (nSPS) is 37.3. The second kappa shape index (κ2) is 7.94. The summed E-state index contributed by atoms with van der Waals surface area (Å²) < 4.78 is 5.69. The van der Waals surface area contributed by atoms with Crippen LogP contribution in [0, 0.1) is 5.92 Å². The van der Waals surface area contributed by atoms with Crippen LogP contribution in [0.3, 0.4) is 0 Å². The number of ether oxygens (including phenoxy) is 1. The molecule has 1 N–H and O–H groups in total. The molecule has 3 heteroatoms. The molecule has 3 nitrogen and oxygen atoms in total. The van der Waals surface area contributed by atoms with Gasteiger partial charge in [-0.3, -0.25) is 4.90 Å². The van der Waals surface area contributed by atoms with E-state index in [9.17, 15) is 0 Å². The van der Waals surface area contributed by atoms with Gasteiger partial charge in [0.15, 0.2) is 0 Å². The molecule has 0 radical (unpaired) electrons. The molecule has 0 bridgehead atoms. The molecular weight excluding hydrogens is 260 g/mol. The lowest BCUT2D eigenvalue weighted by atomic mass is 9.84. The van der Waals surface area contributed by atoms with Crippen molar-refractivity contribution in [1.29, 1.82) is 0 Å². The number of nitrogens with zero attached hydrogens (tertiary/aromatic N) is 1. The first kappa shape index (κ1) is 15.8.